The summed E-state index contributed by atoms with van der Waals surface area (Å²) in [7, 11) is 0. The third-order valence-corrected chi connectivity index (χ3v) is 4.48. The summed E-state index contributed by atoms with van der Waals surface area (Å²) in [5, 5.41) is 6.26. The first-order valence-electron chi connectivity index (χ1n) is 7.57. The van der Waals surface area contributed by atoms with Gasteiger partial charge in [-0.2, -0.15) is 0 Å². The van der Waals surface area contributed by atoms with E-state index in [1.807, 2.05) is 24.3 Å². The molecule has 2 amide bonds. The van der Waals surface area contributed by atoms with Gasteiger partial charge in [0.2, 0.25) is 0 Å². The highest BCUT2D eigenvalue weighted by Gasteiger charge is 2.13. The maximum atomic E-state index is 11.6. The van der Waals surface area contributed by atoms with E-state index in [9.17, 15) is 9.59 Å². The Hall–Kier alpha value is -2.23. The van der Waals surface area contributed by atoms with E-state index in [1.165, 1.54) is 6.26 Å². The molecule has 0 spiro atoms. The zero-order chi connectivity index (χ0) is 18.8. The molecule has 0 aliphatic carbocycles. The third-order valence-electron chi connectivity index (χ3n) is 2.97. The fourth-order valence-electron chi connectivity index (χ4n) is 1.74. The van der Waals surface area contributed by atoms with Crippen LogP contribution in [0, 0.1) is 0 Å². The summed E-state index contributed by atoms with van der Waals surface area (Å²) in [4.78, 5) is 24.3. The fraction of sp³-hybridized carbons (Fsp3) is 0.188. The van der Waals surface area contributed by atoms with E-state index in [2.05, 4.69) is 21.5 Å². The molecule has 1 aromatic heterocycles. The van der Waals surface area contributed by atoms with Gasteiger partial charge in [-0.05, 0) is 48.6 Å². The number of carbonyl (C=O) groups excluding carboxylic acids is 2. The quantitative estimate of drug-likeness (QED) is 0.189. The Balaban J connectivity index is 1.56. The largest absolute Gasteiger partial charge is 0.467 e. The Morgan fingerprint density at radius 1 is 1.08 bits per heavy atom. The summed E-state index contributed by atoms with van der Waals surface area (Å²) in [5.74, 6) is -0.332. The molecular weight excluding hydrogens is 396 g/mol. The first kappa shape index (κ1) is 20.1. The monoisotopic (exact) mass is 412 g/mol. The van der Waals surface area contributed by atoms with Crippen LogP contribution < -0.4 is 21.5 Å². The van der Waals surface area contributed by atoms with Gasteiger partial charge in [0.1, 0.15) is 5.76 Å². The van der Waals surface area contributed by atoms with Crippen molar-refractivity contribution in [3.05, 3.63) is 53.4 Å². The number of furan rings is 1. The smallest absolute Gasteiger partial charge is 0.327 e. The van der Waals surface area contributed by atoms with Crippen molar-refractivity contribution in [1.29, 1.82) is 0 Å². The zero-order valence-corrected chi connectivity index (χ0v) is 16.0. The van der Waals surface area contributed by atoms with Crippen molar-refractivity contribution in [3.8, 4) is 0 Å². The second-order valence-corrected chi connectivity index (χ2v) is 6.91. The predicted molar refractivity (Wildman–Crippen MR) is 105 cm³/mol. The highest BCUT2D eigenvalue weighted by Crippen LogP contribution is 2.19. The van der Waals surface area contributed by atoms with E-state index in [4.69, 9.17) is 28.2 Å². The molecule has 0 radical (unpaired) electrons. The van der Waals surface area contributed by atoms with Gasteiger partial charge in [-0.15, -0.1) is 11.8 Å². The number of hydrogen-bond acceptors (Lipinski definition) is 5. The number of nitrogens with one attached hydrogen (secondary N) is 4. The van der Waals surface area contributed by atoms with E-state index >= 15 is 0 Å². The molecule has 0 saturated carbocycles. The normalized spacial score (nSPS) is 10.0. The Bertz CT molecular complexity index is 738. The number of thiocarbonyl (C=S) groups is 1. The molecule has 0 unspecified atom stereocenters. The summed E-state index contributed by atoms with van der Waals surface area (Å²) in [6.45, 7) is 0.712. The topological polar surface area (TPSA) is 95.4 Å². The number of hydrogen-bond donors (Lipinski definition) is 4. The summed E-state index contributed by atoms with van der Waals surface area (Å²) in [5.41, 5.74) is 4.69. The molecule has 2 aromatic rings. The lowest BCUT2D eigenvalue weighted by Gasteiger charge is -2.11. The van der Waals surface area contributed by atoms with Crippen molar-refractivity contribution in [2.24, 2.45) is 0 Å². The Morgan fingerprint density at radius 3 is 2.54 bits per heavy atom. The maximum Gasteiger partial charge on any atom is 0.327 e. The van der Waals surface area contributed by atoms with Crippen LogP contribution in [0.1, 0.15) is 5.76 Å². The van der Waals surface area contributed by atoms with Crippen LogP contribution in [0.3, 0.4) is 0 Å². The minimum atomic E-state index is -0.851. The van der Waals surface area contributed by atoms with Crippen molar-refractivity contribution in [3.63, 3.8) is 0 Å². The van der Waals surface area contributed by atoms with Crippen LogP contribution in [0.25, 0.3) is 0 Å². The van der Waals surface area contributed by atoms with Crippen LogP contribution in [-0.2, 0) is 16.1 Å². The minimum Gasteiger partial charge on any atom is -0.467 e. The van der Waals surface area contributed by atoms with Crippen molar-refractivity contribution in [1.82, 2.24) is 21.5 Å². The van der Waals surface area contributed by atoms with Gasteiger partial charge in [0, 0.05) is 22.2 Å². The standard InChI is InChI=1S/C16H17ClN4O3S2/c17-11-3-5-13(6-4-11)26-9-7-18-16(25)21-20-15(23)14(22)19-10-12-2-1-8-24-12/h1-6,8H,7,9-10H2,(H,19,22)(H,20,23)(H2,18,21,25). The molecule has 0 aliphatic rings. The Labute approximate surface area is 165 Å². The van der Waals surface area contributed by atoms with Crippen LogP contribution >= 0.6 is 35.6 Å². The van der Waals surface area contributed by atoms with Gasteiger partial charge in [-0.3, -0.25) is 20.4 Å². The molecule has 0 aliphatic heterocycles. The van der Waals surface area contributed by atoms with Gasteiger partial charge in [0.25, 0.3) is 0 Å². The second kappa shape index (κ2) is 10.7. The molecule has 2 rings (SSSR count). The summed E-state index contributed by atoms with van der Waals surface area (Å²) >= 11 is 12.5. The molecule has 26 heavy (non-hydrogen) atoms. The minimum absolute atomic E-state index is 0.129. The predicted octanol–water partition coefficient (Wildman–Crippen LogP) is 1.84. The van der Waals surface area contributed by atoms with E-state index in [0.29, 0.717) is 17.3 Å². The molecule has 4 N–H and O–H groups in total. The molecule has 0 atom stereocenters. The average Bonchev–Trinajstić information content (AvgIpc) is 3.16. The van der Waals surface area contributed by atoms with Crippen LogP contribution in [0.4, 0.5) is 0 Å². The van der Waals surface area contributed by atoms with Gasteiger partial charge >= 0.3 is 11.8 Å². The molecule has 0 saturated heterocycles. The lowest BCUT2D eigenvalue weighted by molar-refractivity contribution is -0.139. The number of halogens is 1. The molecule has 7 nitrogen and oxygen atoms in total. The van der Waals surface area contributed by atoms with Crippen LogP contribution in [0.2, 0.25) is 5.02 Å². The highest BCUT2D eigenvalue weighted by molar-refractivity contribution is 7.99. The first-order valence-corrected chi connectivity index (χ1v) is 9.34. The summed E-state index contributed by atoms with van der Waals surface area (Å²) in [6.07, 6.45) is 1.48. The van der Waals surface area contributed by atoms with Crippen molar-refractivity contribution < 1.29 is 14.0 Å². The van der Waals surface area contributed by atoms with Crippen molar-refractivity contribution >= 4 is 52.5 Å². The summed E-state index contributed by atoms with van der Waals surface area (Å²) < 4.78 is 5.05. The number of amides is 2. The number of thioether (sulfide) groups is 1. The van der Waals surface area contributed by atoms with Gasteiger partial charge in [0.15, 0.2) is 5.11 Å². The number of benzene rings is 1. The van der Waals surface area contributed by atoms with E-state index in [0.717, 1.165) is 10.6 Å². The second-order valence-electron chi connectivity index (χ2n) is 4.90. The number of carbonyl (C=O) groups is 2. The van der Waals surface area contributed by atoms with Gasteiger partial charge in [-0.1, -0.05) is 11.6 Å². The Morgan fingerprint density at radius 2 is 1.85 bits per heavy atom. The molecule has 0 fully saturated rings. The molecular formula is C16H17ClN4O3S2. The number of rotatable bonds is 6. The van der Waals surface area contributed by atoms with Crippen LogP contribution in [-0.4, -0.2) is 29.2 Å². The fourth-order valence-corrected chi connectivity index (χ4v) is 2.79. The van der Waals surface area contributed by atoms with E-state index in [1.54, 1.807) is 23.9 Å². The molecule has 10 heteroatoms. The van der Waals surface area contributed by atoms with Gasteiger partial charge in [-0.25, -0.2) is 0 Å². The average molecular weight is 413 g/mol. The Kier molecular flexibility index (Phi) is 8.26. The molecule has 1 aromatic carbocycles. The van der Waals surface area contributed by atoms with Crippen LogP contribution in [0.5, 0.6) is 0 Å². The van der Waals surface area contributed by atoms with Crippen LogP contribution in [0.15, 0.2) is 52.0 Å². The van der Waals surface area contributed by atoms with Gasteiger partial charge < -0.3 is 15.1 Å². The third kappa shape index (κ3) is 7.34. The molecule has 138 valence electrons. The molecule has 0 bridgehead atoms. The lowest BCUT2D eigenvalue weighted by atomic mass is 10.4. The lowest BCUT2D eigenvalue weighted by Crippen LogP contribution is -2.51. The molecule has 1 heterocycles. The first-order chi connectivity index (χ1) is 12.5. The van der Waals surface area contributed by atoms with Gasteiger partial charge in [0.05, 0.1) is 12.8 Å². The van der Waals surface area contributed by atoms with Crippen molar-refractivity contribution in [2.75, 3.05) is 12.3 Å². The summed E-state index contributed by atoms with van der Waals surface area (Å²) in [6, 6.07) is 10.9. The van der Waals surface area contributed by atoms with E-state index in [-0.39, 0.29) is 11.7 Å². The number of hydrazine groups is 1. The SMILES string of the molecule is O=C(NCc1ccco1)C(=O)NNC(=S)NCCSc1ccc(Cl)cc1. The maximum absolute atomic E-state index is 11.6. The van der Waals surface area contributed by atoms with Crippen molar-refractivity contribution in [2.45, 2.75) is 11.4 Å². The van der Waals surface area contributed by atoms with E-state index < -0.39 is 11.8 Å². The zero-order valence-electron chi connectivity index (χ0n) is 13.6. The highest BCUT2D eigenvalue weighted by atomic mass is 35.5.